The predicted octanol–water partition coefficient (Wildman–Crippen LogP) is 5.14. The van der Waals surface area contributed by atoms with E-state index in [9.17, 15) is 8.78 Å². The number of fused-ring (bicyclic) bond motifs is 1. The average molecular weight is 574 g/mol. The Labute approximate surface area is 235 Å². The van der Waals surface area contributed by atoms with Gasteiger partial charge in [-0.25, -0.2) is 18.8 Å². The van der Waals surface area contributed by atoms with Crippen molar-refractivity contribution in [1.82, 2.24) is 19.5 Å². The lowest BCUT2D eigenvalue weighted by molar-refractivity contribution is -0.0812. The number of pyridine rings is 2. The van der Waals surface area contributed by atoms with Crippen molar-refractivity contribution in [2.75, 3.05) is 40.0 Å². The van der Waals surface area contributed by atoms with E-state index >= 15 is 0 Å². The first kappa shape index (κ1) is 28.2. The van der Waals surface area contributed by atoms with Gasteiger partial charge in [0.05, 0.1) is 48.1 Å². The molecule has 2 saturated heterocycles. The van der Waals surface area contributed by atoms with E-state index in [2.05, 4.69) is 25.1 Å². The number of hydrogen-bond acceptors (Lipinski definition) is 9. The first-order chi connectivity index (χ1) is 19.4. The summed E-state index contributed by atoms with van der Waals surface area (Å²) >= 11 is 6.39. The summed E-state index contributed by atoms with van der Waals surface area (Å²) in [5.74, 6) is -0.400. The van der Waals surface area contributed by atoms with Crippen LogP contribution in [0.2, 0.25) is 5.02 Å². The highest BCUT2D eigenvalue weighted by Gasteiger charge is 2.34. The zero-order chi connectivity index (χ0) is 28.2. The molecule has 3 aromatic heterocycles. The van der Waals surface area contributed by atoms with Gasteiger partial charge in [0.1, 0.15) is 41.7 Å². The lowest BCUT2D eigenvalue weighted by Gasteiger charge is -2.42. The van der Waals surface area contributed by atoms with Crippen LogP contribution in [0.25, 0.3) is 11.2 Å². The number of aliphatic imine (C=N–C) groups is 1. The van der Waals surface area contributed by atoms with Crippen molar-refractivity contribution in [2.24, 2.45) is 16.0 Å². The van der Waals surface area contributed by atoms with Crippen LogP contribution < -0.4 is 4.74 Å². The van der Waals surface area contributed by atoms with Gasteiger partial charge in [0.15, 0.2) is 0 Å². The summed E-state index contributed by atoms with van der Waals surface area (Å²) in [6.07, 6.45) is 4.94. The summed E-state index contributed by atoms with van der Waals surface area (Å²) in [7, 11) is 1.51. The summed E-state index contributed by atoms with van der Waals surface area (Å²) in [5, 5.41) is 8.37. The number of ether oxygens (including phenoxy) is 3. The zero-order valence-corrected chi connectivity index (χ0v) is 22.9. The third-order valence-electron chi connectivity index (χ3n) is 7.23. The first-order valence-electron chi connectivity index (χ1n) is 12.9. The first-order valence-corrected chi connectivity index (χ1v) is 13.3. The number of hydrogen-bond donors (Lipinski definition) is 1. The predicted molar refractivity (Wildman–Crippen MR) is 145 cm³/mol. The van der Waals surface area contributed by atoms with Gasteiger partial charge in [0.2, 0.25) is 0 Å². The van der Waals surface area contributed by atoms with Crippen LogP contribution in [0.5, 0.6) is 5.75 Å². The van der Waals surface area contributed by atoms with E-state index in [1.54, 1.807) is 25.4 Å². The topological polar surface area (TPSA) is 110 Å². The third kappa shape index (κ3) is 6.04. The fraction of sp³-hybridized carbons (Fsp3) is 0.444. The maximum Gasteiger partial charge on any atom is 0.147 e. The van der Waals surface area contributed by atoms with Gasteiger partial charge in [0, 0.05) is 37.5 Å². The maximum atomic E-state index is 14.9. The molecule has 5 heterocycles. The van der Waals surface area contributed by atoms with Crippen molar-refractivity contribution in [3.63, 3.8) is 0 Å². The Bertz CT molecular complexity index is 1410. The van der Waals surface area contributed by atoms with Gasteiger partial charge in [-0.3, -0.25) is 14.9 Å². The van der Waals surface area contributed by atoms with Crippen molar-refractivity contribution in [1.29, 1.82) is 5.53 Å². The third-order valence-corrected chi connectivity index (χ3v) is 7.51. The Morgan fingerprint density at radius 3 is 2.83 bits per heavy atom. The Morgan fingerprint density at radius 1 is 1.35 bits per heavy atom. The van der Waals surface area contributed by atoms with Gasteiger partial charge >= 0.3 is 0 Å². The normalized spacial score (nSPS) is 21.8. The molecule has 1 N–H and O–H groups in total. The smallest absolute Gasteiger partial charge is 0.147 e. The number of allylic oxidation sites excluding steroid dienone is 1. The van der Waals surface area contributed by atoms with E-state index < -0.39 is 18.1 Å². The molecule has 2 aliphatic heterocycles. The molecule has 0 aliphatic carbocycles. The van der Waals surface area contributed by atoms with Gasteiger partial charge in [-0.1, -0.05) is 11.6 Å². The molecule has 10 nitrogen and oxygen atoms in total. The van der Waals surface area contributed by atoms with Crippen LogP contribution in [0.15, 0.2) is 52.6 Å². The molecular weight excluding hydrogens is 544 g/mol. The van der Waals surface area contributed by atoms with Crippen LogP contribution in [0.3, 0.4) is 0 Å². The lowest BCUT2D eigenvalue weighted by atomic mass is 9.94. The molecule has 0 saturated carbocycles. The van der Waals surface area contributed by atoms with E-state index in [4.69, 9.17) is 31.3 Å². The van der Waals surface area contributed by atoms with Crippen molar-refractivity contribution >= 4 is 29.0 Å². The molecule has 0 bridgehead atoms. The fourth-order valence-electron chi connectivity index (χ4n) is 4.81. The highest BCUT2D eigenvalue weighted by molar-refractivity contribution is 6.34. The summed E-state index contributed by atoms with van der Waals surface area (Å²) in [5.41, 5.74) is 10.1. The molecule has 212 valence electrons. The Kier molecular flexibility index (Phi) is 8.79. The number of likely N-dealkylation sites (tertiary alicyclic amines) is 1. The second kappa shape index (κ2) is 12.5. The number of rotatable bonds is 10. The number of nitrogens with one attached hydrogen (secondary N) is 1. The van der Waals surface area contributed by atoms with Gasteiger partial charge < -0.3 is 14.2 Å². The second-order valence-electron chi connectivity index (χ2n) is 9.79. The number of aromatic nitrogens is 3. The number of alkyl halides is 1. The Balaban J connectivity index is 1.37. The van der Waals surface area contributed by atoms with E-state index in [0.29, 0.717) is 65.5 Å². The molecule has 2 fully saturated rings. The van der Waals surface area contributed by atoms with E-state index in [1.165, 1.54) is 30.0 Å². The van der Waals surface area contributed by atoms with Gasteiger partial charge in [-0.15, -0.1) is 0 Å². The van der Waals surface area contributed by atoms with E-state index in [-0.39, 0.29) is 18.2 Å². The molecule has 0 amide bonds. The minimum atomic E-state index is -1.03. The van der Waals surface area contributed by atoms with Crippen LogP contribution in [0, 0.1) is 17.3 Å². The summed E-state index contributed by atoms with van der Waals surface area (Å²) in [6, 6.07) is 4.82. The average Bonchev–Trinajstić information content (AvgIpc) is 3.29. The zero-order valence-electron chi connectivity index (χ0n) is 22.1. The highest BCUT2D eigenvalue weighted by atomic mass is 35.5. The largest absolute Gasteiger partial charge is 0.488 e. The van der Waals surface area contributed by atoms with E-state index in [1.807, 2.05) is 0 Å². The molecule has 1 unspecified atom stereocenters. The molecule has 13 heteroatoms. The standard InChI is InChI=1S/C27H30ClF2N7O3/c1-16(32-8-17-5-6-36(12-22(17)30)20-13-39-14-20)26(35-31)18-7-24(27-21(28)10-34-37(27)11-18)40-15-25(38-2)23-4-3-19(29)9-33-23/h3-4,7-11,17,20,22,25,31H,5-6,12-15H2,1-2H3/b26-16-,32-8?,35-31?/t17?,22-,25-/m0/s1. The molecular formula is C27H30ClF2N7O3. The number of halogens is 3. The Hall–Kier alpha value is -3.32. The van der Waals surface area contributed by atoms with Gasteiger partial charge in [-0.2, -0.15) is 10.2 Å². The summed E-state index contributed by atoms with van der Waals surface area (Å²) < 4.78 is 46.6. The van der Waals surface area contributed by atoms with E-state index in [0.717, 1.165) is 12.7 Å². The number of nitrogens with zero attached hydrogens (tertiary/aromatic N) is 6. The number of methoxy groups -OCH3 is 1. The SMILES string of the molecule is CO[C@@H](COc1cc(/C(N=N)=C(\C)N=CC2CCN(C3COC3)C[C@@H]2F)cn2ncc(Cl)c12)c1ccc(F)cn1. The number of piperidine rings is 1. The molecule has 0 radical (unpaired) electrons. The van der Waals surface area contributed by atoms with Crippen LogP contribution in [0.4, 0.5) is 8.78 Å². The highest BCUT2D eigenvalue weighted by Crippen LogP contribution is 2.33. The lowest BCUT2D eigenvalue weighted by Crippen LogP contribution is -2.54. The summed E-state index contributed by atoms with van der Waals surface area (Å²) in [4.78, 5) is 10.7. The van der Waals surface area contributed by atoms with Crippen LogP contribution in [-0.4, -0.2) is 77.9 Å². The molecule has 0 spiro atoms. The molecule has 5 rings (SSSR count). The molecule has 2 aliphatic rings. The van der Waals surface area contributed by atoms with Crippen molar-refractivity contribution in [3.05, 3.63) is 64.6 Å². The molecule has 0 aromatic carbocycles. The minimum Gasteiger partial charge on any atom is -0.488 e. The molecule has 40 heavy (non-hydrogen) atoms. The van der Waals surface area contributed by atoms with Gasteiger partial charge in [0.25, 0.3) is 0 Å². The monoisotopic (exact) mass is 573 g/mol. The van der Waals surface area contributed by atoms with Crippen LogP contribution in [0.1, 0.15) is 30.7 Å². The quantitative estimate of drug-likeness (QED) is 0.266. The Morgan fingerprint density at radius 2 is 2.17 bits per heavy atom. The van der Waals surface area contributed by atoms with Crippen molar-refractivity contribution in [3.8, 4) is 5.75 Å². The molecule has 3 aromatic rings. The fourth-order valence-corrected chi connectivity index (χ4v) is 5.03. The van der Waals surface area contributed by atoms with Crippen LogP contribution >= 0.6 is 11.6 Å². The second-order valence-corrected chi connectivity index (χ2v) is 10.2. The van der Waals surface area contributed by atoms with Crippen molar-refractivity contribution in [2.45, 2.75) is 31.7 Å². The van der Waals surface area contributed by atoms with Crippen LogP contribution in [-0.2, 0) is 9.47 Å². The maximum absolute atomic E-state index is 14.9. The van der Waals surface area contributed by atoms with Gasteiger partial charge in [-0.05, 0) is 38.1 Å². The molecule has 3 atom stereocenters. The van der Waals surface area contributed by atoms with Crippen molar-refractivity contribution < 1.29 is 23.0 Å². The minimum absolute atomic E-state index is 0.0491. The summed E-state index contributed by atoms with van der Waals surface area (Å²) in [6.45, 7) is 4.24.